The number of rotatable bonds is 4. The Morgan fingerprint density at radius 3 is 2.23 bits per heavy atom. The molecule has 0 saturated carbocycles. The third-order valence-corrected chi connectivity index (χ3v) is 6.29. The van der Waals surface area contributed by atoms with Gasteiger partial charge in [0.05, 0.1) is 17.6 Å². The van der Waals surface area contributed by atoms with Gasteiger partial charge in [-0.05, 0) is 50.2 Å². The van der Waals surface area contributed by atoms with Crippen molar-refractivity contribution in [2.24, 2.45) is 0 Å². The molecule has 0 aromatic heterocycles. The predicted octanol–water partition coefficient (Wildman–Crippen LogP) is 4.20. The Kier molecular flexibility index (Phi) is 4.49. The van der Waals surface area contributed by atoms with Crippen molar-refractivity contribution in [1.82, 2.24) is 0 Å². The van der Waals surface area contributed by atoms with E-state index in [0.29, 0.717) is 5.02 Å². The molecule has 0 amide bonds. The zero-order chi connectivity index (χ0) is 16.5. The summed E-state index contributed by atoms with van der Waals surface area (Å²) in [6.07, 6.45) is 0. The van der Waals surface area contributed by atoms with Gasteiger partial charge in [0.2, 0.25) is 0 Å². The maximum atomic E-state index is 14.3. The van der Waals surface area contributed by atoms with E-state index >= 15 is 0 Å². The Balaban J connectivity index is 2.66. The van der Waals surface area contributed by atoms with Crippen LogP contribution in [0.3, 0.4) is 0 Å². The van der Waals surface area contributed by atoms with Gasteiger partial charge in [0.25, 0.3) is 0 Å². The fourth-order valence-electron chi connectivity index (χ4n) is 2.30. The molecule has 0 atom stereocenters. The van der Waals surface area contributed by atoms with Gasteiger partial charge in [-0.1, -0.05) is 17.7 Å². The Bertz CT molecular complexity index is 784. The predicted molar refractivity (Wildman–Crippen MR) is 84.6 cm³/mol. The summed E-state index contributed by atoms with van der Waals surface area (Å²) in [5.41, 5.74) is 0.00690. The fraction of sp³-hybridized carbons (Fsp3) is 0.250. The van der Waals surface area contributed by atoms with Gasteiger partial charge < -0.3 is 4.74 Å². The highest BCUT2D eigenvalue weighted by atomic mass is 35.5. The fourth-order valence-corrected chi connectivity index (χ4v) is 3.98. The summed E-state index contributed by atoms with van der Waals surface area (Å²) in [7, 11) is -2.46. The standard InChI is InChI=1S/C16H16ClFO3S/c1-16(2,15-13(18)5-4-6-14(15)21-3)22(19,20)12-9-7-11(17)8-10-12/h4-10H,1-3H3. The van der Waals surface area contributed by atoms with Crippen LogP contribution in [-0.2, 0) is 14.6 Å². The van der Waals surface area contributed by atoms with Crippen LogP contribution in [0.25, 0.3) is 0 Å². The van der Waals surface area contributed by atoms with Crippen LogP contribution < -0.4 is 4.74 Å². The van der Waals surface area contributed by atoms with E-state index in [2.05, 4.69) is 0 Å². The van der Waals surface area contributed by atoms with E-state index in [1.165, 1.54) is 63.4 Å². The van der Waals surface area contributed by atoms with Gasteiger partial charge in [-0.25, -0.2) is 12.8 Å². The highest BCUT2D eigenvalue weighted by Gasteiger charge is 2.41. The van der Waals surface area contributed by atoms with Crippen LogP contribution in [0, 0.1) is 5.82 Å². The maximum absolute atomic E-state index is 14.3. The van der Waals surface area contributed by atoms with Crippen molar-refractivity contribution < 1.29 is 17.5 Å². The van der Waals surface area contributed by atoms with Gasteiger partial charge in [-0.15, -0.1) is 0 Å². The minimum absolute atomic E-state index is 0.00690. The maximum Gasteiger partial charge on any atom is 0.187 e. The number of sulfone groups is 1. The topological polar surface area (TPSA) is 43.4 Å². The van der Waals surface area contributed by atoms with Crippen molar-refractivity contribution in [3.05, 3.63) is 58.9 Å². The lowest BCUT2D eigenvalue weighted by atomic mass is 10.0. The molecule has 2 aromatic carbocycles. The lowest BCUT2D eigenvalue weighted by Gasteiger charge is -2.27. The molecule has 3 nitrogen and oxygen atoms in total. The molecular weight excluding hydrogens is 327 g/mol. The second-order valence-corrected chi connectivity index (χ2v) is 8.22. The first kappa shape index (κ1) is 16.8. The smallest absolute Gasteiger partial charge is 0.187 e. The zero-order valence-electron chi connectivity index (χ0n) is 12.4. The molecule has 118 valence electrons. The first-order valence-corrected chi connectivity index (χ1v) is 8.41. The first-order chi connectivity index (χ1) is 10.2. The minimum Gasteiger partial charge on any atom is -0.496 e. The van der Waals surface area contributed by atoms with Gasteiger partial charge in [0, 0.05) is 5.02 Å². The van der Waals surface area contributed by atoms with Crippen LogP contribution in [0.2, 0.25) is 5.02 Å². The Hall–Kier alpha value is -1.59. The van der Waals surface area contributed by atoms with Crippen molar-refractivity contribution in [1.29, 1.82) is 0 Å². The van der Waals surface area contributed by atoms with E-state index in [1.807, 2.05) is 0 Å². The molecule has 6 heteroatoms. The normalized spacial score (nSPS) is 12.2. The van der Waals surface area contributed by atoms with Crippen molar-refractivity contribution in [3.8, 4) is 5.75 Å². The summed E-state index contributed by atoms with van der Waals surface area (Å²) in [4.78, 5) is 0.0761. The summed E-state index contributed by atoms with van der Waals surface area (Å²) in [6.45, 7) is 2.91. The van der Waals surface area contributed by atoms with Gasteiger partial charge in [-0.3, -0.25) is 0 Å². The van der Waals surface area contributed by atoms with Crippen LogP contribution >= 0.6 is 11.6 Å². The van der Waals surface area contributed by atoms with Crippen LogP contribution in [0.15, 0.2) is 47.4 Å². The summed E-state index contributed by atoms with van der Waals surface area (Å²) in [5, 5.41) is 0.431. The van der Waals surface area contributed by atoms with Crippen molar-refractivity contribution in [3.63, 3.8) is 0 Å². The van der Waals surface area contributed by atoms with E-state index in [-0.39, 0.29) is 16.2 Å². The van der Waals surface area contributed by atoms with Gasteiger partial charge >= 0.3 is 0 Å². The molecule has 0 unspecified atom stereocenters. The molecule has 0 radical (unpaired) electrons. The van der Waals surface area contributed by atoms with E-state index in [0.717, 1.165) is 0 Å². The minimum atomic E-state index is -3.84. The number of methoxy groups -OCH3 is 1. The summed E-state index contributed by atoms with van der Waals surface area (Å²) >= 11 is 5.79. The van der Waals surface area contributed by atoms with E-state index in [9.17, 15) is 12.8 Å². The molecule has 2 rings (SSSR count). The molecular formula is C16H16ClFO3S. The molecule has 0 saturated heterocycles. The van der Waals surface area contributed by atoms with Gasteiger partial charge in [-0.2, -0.15) is 0 Å². The molecule has 0 aliphatic carbocycles. The highest BCUT2D eigenvalue weighted by Crippen LogP contribution is 2.41. The van der Waals surface area contributed by atoms with Crippen molar-refractivity contribution >= 4 is 21.4 Å². The lowest BCUT2D eigenvalue weighted by molar-refractivity contribution is 0.396. The average molecular weight is 343 g/mol. The van der Waals surface area contributed by atoms with Crippen LogP contribution in [0.1, 0.15) is 19.4 Å². The van der Waals surface area contributed by atoms with E-state index in [1.54, 1.807) is 0 Å². The Morgan fingerprint density at radius 1 is 1.09 bits per heavy atom. The summed E-state index contributed by atoms with van der Waals surface area (Å²) in [5.74, 6) is -0.426. The summed E-state index contributed by atoms with van der Waals surface area (Å²) < 4.78 is 43.8. The third-order valence-electron chi connectivity index (χ3n) is 3.59. The van der Waals surface area contributed by atoms with Crippen LogP contribution in [0.5, 0.6) is 5.75 Å². The number of halogens is 2. The number of ether oxygens (including phenoxy) is 1. The number of hydrogen-bond donors (Lipinski definition) is 0. The molecule has 0 bridgehead atoms. The SMILES string of the molecule is COc1cccc(F)c1C(C)(C)S(=O)(=O)c1ccc(Cl)cc1. The molecule has 22 heavy (non-hydrogen) atoms. The van der Waals surface area contributed by atoms with Gasteiger partial charge in [0.15, 0.2) is 9.84 Å². The molecule has 0 fully saturated rings. The van der Waals surface area contributed by atoms with E-state index in [4.69, 9.17) is 16.3 Å². The molecule has 0 aliphatic rings. The molecule has 0 N–H and O–H groups in total. The monoisotopic (exact) mass is 342 g/mol. The second kappa shape index (κ2) is 5.89. The average Bonchev–Trinajstić information content (AvgIpc) is 2.46. The highest BCUT2D eigenvalue weighted by molar-refractivity contribution is 7.92. The van der Waals surface area contributed by atoms with Crippen LogP contribution in [0.4, 0.5) is 4.39 Å². The lowest BCUT2D eigenvalue weighted by Crippen LogP contribution is -2.31. The largest absolute Gasteiger partial charge is 0.496 e. The van der Waals surface area contributed by atoms with E-state index < -0.39 is 20.4 Å². The molecule has 2 aromatic rings. The zero-order valence-corrected chi connectivity index (χ0v) is 14.0. The third kappa shape index (κ3) is 2.71. The molecule has 0 spiro atoms. The number of benzene rings is 2. The first-order valence-electron chi connectivity index (χ1n) is 6.55. The number of hydrogen-bond acceptors (Lipinski definition) is 3. The Labute approximate surface area is 134 Å². The second-order valence-electron chi connectivity index (χ2n) is 5.28. The molecule has 0 heterocycles. The molecule has 0 aliphatic heterocycles. The Morgan fingerprint density at radius 2 is 1.68 bits per heavy atom. The van der Waals surface area contributed by atoms with Crippen molar-refractivity contribution in [2.45, 2.75) is 23.5 Å². The van der Waals surface area contributed by atoms with Gasteiger partial charge in [0.1, 0.15) is 16.3 Å². The van der Waals surface area contributed by atoms with Crippen LogP contribution in [-0.4, -0.2) is 15.5 Å². The van der Waals surface area contributed by atoms with Crippen molar-refractivity contribution in [2.75, 3.05) is 7.11 Å². The quantitative estimate of drug-likeness (QED) is 0.836. The summed E-state index contributed by atoms with van der Waals surface area (Å²) in [6, 6.07) is 10.0.